The maximum Gasteiger partial charge on any atom is 0.285 e. The largest absolute Gasteiger partial charge is 0.492 e. The fourth-order valence-electron chi connectivity index (χ4n) is 11.8. The van der Waals surface area contributed by atoms with Gasteiger partial charge in [0.2, 0.25) is 5.95 Å². The average molecular weight is 1310 g/mol. The van der Waals surface area contributed by atoms with Crippen LogP contribution in [0.3, 0.4) is 0 Å². The van der Waals surface area contributed by atoms with Crippen LogP contribution in [-0.4, -0.2) is 60.4 Å². The molecule has 4 N–H and O–H groups in total. The summed E-state index contributed by atoms with van der Waals surface area (Å²) in [7, 11) is -3.48. The van der Waals surface area contributed by atoms with Gasteiger partial charge >= 0.3 is 0 Å². The third-order valence-corrected chi connectivity index (χ3v) is 19.1. The predicted molar refractivity (Wildman–Crippen MR) is 392 cm³/mol. The van der Waals surface area contributed by atoms with Gasteiger partial charge in [-0.3, -0.25) is 28.5 Å². The van der Waals surface area contributed by atoms with Crippen molar-refractivity contribution in [3.63, 3.8) is 0 Å². The Morgan fingerprint density at radius 2 is 1.10 bits per heavy atom. The zero-order valence-corrected chi connectivity index (χ0v) is 58.7. The van der Waals surface area contributed by atoms with Gasteiger partial charge in [0.1, 0.15) is 22.8 Å². The standard InChI is InChI=1S/C16H20N2O.C15H17NO.C14H17N3O.C12H13N.C11H12N2O.C10H12N2O2S/c1-10(2)11-5-6-12-13(7-11)17-14-8-16(3,4)9-18(14)15(12)19;1-10(2)11-5-6-12-9-15-13(4-3-7-17-15)16-14(12)8-11;1-8(2)9-3-6-11-12(7-9)16-14(15)17(13(11)18)10-4-5-10;1-9(2)11-6-5-10-4-3-7-13-12(10)8-11;1-7(2)8-3-4-9-10(5-8)12-6-13-11(9)14;1-7(2)8-3-4-10-9(5-8)11-6-12-15(10,13)14/h5-7,10H,8-9H2,1-4H3;5-6,8-10H,3-4,7H2,1-2H3;3,6-8,10H,4-5H2,1-2H3,(H2,15,16);3-9H,1-2H3;3-7H,1-2H3,(H,12,13,14);3-7H,1-2H3,(H,11,12). The lowest BCUT2D eigenvalue weighted by Gasteiger charge is -2.17. The SMILES string of the molecule is CC(C)c1ccc2c(=O)[nH]cnc2c1.CC(C)c1ccc2c(=O)n(C3CC3)c(N)nc2c1.CC(C)c1ccc2c(=O)n3c(nc2c1)CC(C)(C)C3.CC(C)c1ccc2c(c1)NC=NS2(=O)=O.CC(C)c1ccc2cc3c(nc2c1)CCCO3.CC(C)c1ccc2cccnc2c1. The number of benzene rings is 6. The number of anilines is 2. The molecule has 6 aromatic carbocycles. The van der Waals surface area contributed by atoms with E-state index in [2.05, 4.69) is 181 Å². The molecule has 96 heavy (non-hydrogen) atoms. The molecule has 15 rings (SSSR count). The van der Waals surface area contributed by atoms with Crippen molar-refractivity contribution in [1.29, 1.82) is 0 Å². The maximum absolute atomic E-state index is 12.5. The fraction of sp³-hybridized carbons (Fsp3) is 0.372. The Hall–Kier alpha value is -9.42. The lowest BCUT2D eigenvalue weighted by Crippen LogP contribution is -2.23. The van der Waals surface area contributed by atoms with Gasteiger partial charge in [-0.15, -0.1) is 4.40 Å². The van der Waals surface area contributed by atoms with Gasteiger partial charge in [0.15, 0.2) is 0 Å². The first-order valence-electron chi connectivity index (χ1n) is 33.6. The molecule has 1 aliphatic carbocycles. The molecule has 500 valence electrons. The minimum absolute atomic E-state index is 0.00435. The van der Waals surface area contributed by atoms with E-state index in [-0.39, 0.29) is 33.0 Å². The third kappa shape index (κ3) is 16.3. The molecule has 0 saturated heterocycles. The second kappa shape index (κ2) is 29.3. The van der Waals surface area contributed by atoms with Gasteiger partial charge < -0.3 is 20.8 Å². The summed E-state index contributed by atoms with van der Waals surface area (Å²) in [5.74, 6) is 5.08. The van der Waals surface area contributed by atoms with Crippen LogP contribution >= 0.6 is 0 Å². The molecule has 5 aromatic heterocycles. The number of nitrogens with zero attached hydrogens (tertiary/aromatic N) is 8. The van der Waals surface area contributed by atoms with Crippen molar-refractivity contribution in [3.8, 4) is 5.75 Å². The van der Waals surface area contributed by atoms with Crippen LogP contribution in [0.4, 0.5) is 11.6 Å². The zero-order chi connectivity index (χ0) is 68.9. The van der Waals surface area contributed by atoms with Crippen molar-refractivity contribution >= 4 is 82.5 Å². The molecule has 8 heterocycles. The summed E-state index contributed by atoms with van der Waals surface area (Å²) in [5, 5.41) is 7.29. The normalized spacial score (nSPS) is 14.7. The van der Waals surface area contributed by atoms with Crippen LogP contribution in [0.25, 0.3) is 54.5 Å². The van der Waals surface area contributed by atoms with Crippen LogP contribution < -0.4 is 32.5 Å². The lowest BCUT2D eigenvalue weighted by molar-refractivity contribution is 0.285. The second-order valence-corrected chi connectivity index (χ2v) is 29.6. The molecule has 0 unspecified atom stereocenters. The summed E-state index contributed by atoms with van der Waals surface area (Å²) in [4.78, 5) is 61.3. The molecule has 1 fully saturated rings. The molecule has 17 nitrogen and oxygen atoms in total. The first kappa shape index (κ1) is 69.4. The van der Waals surface area contributed by atoms with Gasteiger partial charge in [-0.25, -0.2) is 19.9 Å². The molecule has 0 radical (unpaired) electrons. The average Bonchev–Trinajstić information content (AvgIpc) is 1.56. The van der Waals surface area contributed by atoms with Crippen LogP contribution in [0.5, 0.6) is 5.75 Å². The molecular formula is C78H91N11O6S. The van der Waals surface area contributed by atoms with Crippen molar-refractivity contribution < 1.29 is 13.2 Å². The van der Waals surface area contributed by atoms with Gasteiger partial charge in [0, 0.05) is 36.0 Å². The first-order valence-corrected chi connectivity index (χ1v) is 35.0. The summed E-state index contributed by atoms with van der Waals surface area (Å²) < 4.78 is 35.6. The molecule has 0 atom stereocenters. The number of nitrogens with two attached hydrogens (primary N) is 1. The quantitative estimate of drug-likeness (QED) is 0.135. The number of sulfonamides is 1. The maximum atomic E-state index is 12.5. The molecule has 3 aliphatic heterocycles. The second-order valence-electron chi connectivity index (χ2n) is 28.0. The number of nitrogen functional groups attached to an aromatic ring is 1. The van der Waals surface area contributed by atoms with Gasteiger partial charge in [0.25, 0.3) is 26.7 Å². The van der Waals surface area contributed by atoms with E-state index in [0.29, 0.717) is 63.4 Å². The summed E-state index contributed by atoms with van der Waals surface area (Å²) in [6.07, 6.45) is 9.54. The van der Waals surface area contributed by atoms with E-state index in [9.17, 15) is 22.8 Å². The molecular weight excluding hydrogens is 1220 g/mol. The number of nitrogens with one attached hydrogen (secondary N) is 2. The van der Waals surface area contributed by atoms with Crippen LogP contribution in [0.15, 0.2) is 164 Å². The van der Waals surface area contributed by atoms with E-state index < -0.39 is 10.0 Å². The Bertz CT molecular complexity index is 5000. The van der Waals surface area contributed by atoms with E-state index in [1.807, 2.05) is 77.5 Å². The highest BCUT2D eigenvalue weighted by Gasteiger charge is 2.31. The highest BCUT2D eigenvalue weighted by atomic mass is 32.2. The summed E-state index contributed by atoms with van der Waals surface area (Å²) in [5.41, 5.74) is 19.7. The Labute approximate surface area is 562 Å². The number of pyridine rings is 2. The Morgan fingerprint density at radius 1 is 0.573 bits per heavy atom. The number of hydrogen-bond donors (Lipinski definition) is 3. The molecule has 4 aliphatic rings. The monoisotopic (exact) mass is 1310 g/mol. The minimum atomic E-state index is -3.48. The Morgan fingerprint density at radius 3 is 1.72 bits per heavy atom. The highest BCUT2D eigenvalue weighted by Crippen LogP contribution is 2.36. The molecule has 0 amide bonds. The van der Waals surface area contributed by atoms with Gasteiger partial charge in [0.05, 0.1) is 68.1 Å². The van der Waals surface area contributed by atoms with Crippen LogP contribution in [0, 0.1) is 5.41 Å². The van der Waals surface area contributed by atoms with E-state index in [0.717, 1.165) is 95.5 Å². The Balaban J connectivity index is 0.000000126. The molecule has 0 bridgehead atoms. The molecule has 11 aromatic rings. The van der Waals surface area contributed by atoms with Gasteiger partial charge in [-0.1, -0.05) is 152 Å². The number of aromatic nitrogens is 8. The lowest BCUT2D eigenvalue weighted by atomic mass is 9.92. The van der Waals surface area contributed by atoms with E-state index in [1.54, 1.807) is 10.6 Å². The number of aromatic amines is 1. The molecule has 18 heteroatoms. The highest BCUT2D eigenvalue weighted by molar-refractivity contribution is 7.90. The smallest absolute Gasteiger partial charge is 0.285 e. The summed E-state index contributed by atoms with van der Waals surface area (Å²) in [6.45, 7) is 31.7. The fourth-order valence-corrected chi connectivity index (χ4v) is 12.7. The topological polar surface area (TPSA) is 235 Å². The zero-order valence-electron chi connectivity index (χ0n) is 57.9. The van der Waals surface area contributed by atoms with Crippen LogP contribution in [-0.2, 0) is 29.4 Å². The molecule has 1 saturated carbocycles. The number of fused-ring (bicyclic) bond motifs is 8. The number of ether oxygens (including phenoxy) is 1. The van der Waals surface area contributed by atoms with E-state index >= 15 is 0 Å². The van der Waals surface area contributed by atoms with Crippen molar-refractivity contribution in [3.05, 3.63) is 216 Å². The van der Waals surface area contributed by atoms with Gasteiger partial charge in [-0.05, 0) is 173 Å². The predicted octanol–water partition coefficient (Wildman–Crippen LogP) is 16.6. The number of hydrogen-bond acceptors (Lipinski definition) is 13. The van der Waals surface area contributed by atoms with E-state index in [4.69, 9.17) is 20.4 Å². The minimum Gasteiger partial charge on any atom is -0.492 e. The first-order chi connectivity index (χ1) is 45.6. The van der Waals surface area contributed by atoms with Crippen LogP contribution in [0.2, 0.25) is 0 Å². The van der Waals surface area contributed by atoms with Crippen molar-refractivity contribution in [1.82, 2.24) is 39.0 Å². The van der Waals surface area contributed by atoms with Gasteiger partial charge in [-0.2, -0.15) is 8.42 Å². The third-order valence-electron chi connectivity index (χ3n) is 17.8. The van der Waals surface area contributed by atoms with E-state index in [1.165, 1.54) is 51.3 Å². The number of rotatable bonds is 7. The van der Waals surface area contributed by atoms with Crippen molar-refractivity contribution in [2.24, 2.45) is 9.81 Å². The van der Waals surface area contributed by atoms with Crippen molar-refractivity contribution in [2.75, 3.05) is 17.7 Å². The number of H-pyrrole nitrogens is 1. The van der Waals surface area contributed by atoms with Crippen LogP contribution in [0.1, 0.15) is 203 Å². The molecule has 0 spiro atoms. The Kier molecular flexibility index (Phi) is 21.2. The number of aryl methyl sites for hydroxylation is 1. The summed E-state index contributed by atoms with van der Waals surface area (Å²) >= 11 is 0. The summed E-state index contributed by atoms with van der Waals surface area (Å²) in [6, 6.07) is 42.4. The van der Waals surface area contributed by atoms with Crippen molar-refractivity contribution in [2.45, 2.75) is 182 Å².